The van der Waals surface area contributed by atoms with Crippen molar-refractivity contribution in [3.05, 3.63) is 54.1 Å². The van der Waals surface area contributed by atoms with Gasteiger partial charge in [-0.25, -0.2) is 18.1 Å². The van der Waals surface area contributed by atoms with Gasteiger partial charge in [0, 0.05) is 17.4 Å². The van der Waals surface area contributed by atoms with Gasteiger partial charge in [-0.3, -0.25) is 14.3 Å². The Balaban J connectivity index is 1.92. The first kappa shape index (κ1) is 16.1. The number of imidazole rings is 1. The average molecular weight is 345 g/mol. The summed E-state index contributed by atoms with van der Waals surface area (Å²) in [6, 6.07) is 8.22. The van der Waals surface area contributed by atoms with E-state index < -0.39 is 10.0 Å². The quantitative estimate of drug-likeness (QED) is 0.673. The third-order valence-electron chi connectivity index (χ3n) is 3.37. The summed E-state index contributed by atoms with van der Waals surface area (Å²) in [5.74, 6) is -0.287. The molecule has 124 valence electrons. The molecule has 0 spiro atoms. The Morgan fingerprint density at radius 3 is 2.79 bits per heavy atom. The molecular formula is C15H15N5O3S. The maximum absolute atomic E-state index is 12.7. The van der Waals surface area contributed by atoms with Crippen LogP contribution in [0, 0.1) is 0 Å². The van der Waals surface area contributed by atoms with Crippen molar-refractivity contribution in [1.29, 1.82) is 0 Å². The average Bonchev–Trinajstić information content (AvgIpc) is 2.94. The second-order valence-corrected chi connectivity index (χ2v) is 7.13. The molecule has 2 aromatic heterocycles. The molecule has 0 aliphatic carbocycles. The second-order valence-electron chi connectivity index (χ2n) is 5.30. The van der Waals surface area contributed by atoms with Crippen LogP contribution in [0.1, 0.15) is 16.1 Å². The lowest BCUT2D eigenvalue weighted by atomic mass is 10.2. The number of hydrogen-bond acceptors (Lipinski definition) is 6. The van der Waals surface area contributed by atoms with Crippen LogP contribution in [0.3, 0.4) is 0 Å². The molecule has 0 saturated heterocycles. The van der Waals surface area contributed by atoms with Gasteiger partial charge < -0.3 is 5.73 Å². The van der Waals surface area contributed by atoms with E-state index in [0.29, 0.717) is 28.0 Å². The SMILES string of the molecule is CS(=O)(=O)NCc1cc(C(=O)n2cnc3cc(N)ccc32)ccn1. The lowest BCUT2D eigenvalue weighted by Crippen LogP contribution is -2.22. The summed E-state index contributed by atoms with van der Waals surface area (Å²) in [4.78, 5) is 20.9. The predicted octanol–water partition coefficient (Wildman–Crippen LogP) is 0.751. The number of benzene rings is 1. The topological polar surface area (TPSA) is 120 Å². The van der Waals surface area contributed by atoms with E-state index >= 15 is 0 Å². The van der Waals surface area contributed by atoms with Gasteiger partial charge in [-0.2, -0.15) is 0 Å². The first-order valence-electron chi connectivity index (χ1n) is 7.00. The zero-order valence-corrected chi connectivity index (χ0v) is 13.6. The molecule has 0 bridgehead atoms. The van der Waals surface area contributed by atoms with Crippen LogP contribution >= 0.6 is 0 Å². The number of fused-ring (bicyclic) bond motifs is 1. The van der Waals surface area contributed by atoms with Crippen molar-refractivity contribution in [2.24, 2.45) is 0 Å². The number of hydrogen-bond donors (Lipinski definition) is 2. The van der Waals surface area contributed by atoms with E-state index in [-0.39, 0.29) is 12.5 Å². The monoisotopic (exact) mass is 345 g/mol. The fraction of sp³-hybridized carbons (Fsp3) is 0.133. The standard InChI is InChI=1S/C15H15N5O3S/c1-24(22,23)19-8-12-6-10(4-5-17-12)15(21)20-9-18-13-7-11(16)2-3-14(13)20/h2-7,9,19H,8,16H2,1H3. The Morgan fingerprint density at radius 1 is 1.25 bits per heavy atom. The molecule has 3 N–H and O–H groups in total. The van der Waals surface area contributed by atoms with Crippen LogP contribution < -0.4 is 10.5 Å². The molecule has 0 radical (unpaired) electrons. The molecule has 0 saturated carbocycles. The summed E-state index contributed by atoms with van der Waals surface area (Å²) in [5.41, 5.74) is 8.37. The predicted molar refractivity (Wildman–Crippen MR) is 89.8 cm³/mol. The van der Waals surface area contributed by atoms with E-state index in [4.69, 9.17) is 5.73 Å². The summed E-state index contributed by atoms with van der Waals surface area (Å²) < 4.78 is 26.1. The van der Waals surface area contributed by atoms with Crippen molar-refractivity contribution in [2.45, 2.75) is 6.54 Å². The number of nitrogens with zero attached hydrogens (tertiary/aromatic N) is 3. The molecule has 3 rings (SSSR count). The molecule has 0 aliphatic heterocycles. The van der Waals surface area contributed by atoms with Gasteiger partial charge in [0.05, 0.1) is 29.5 Å². The van der Waals surface area contributed by atoms with Crippen LogP contribution in [-0.4, -0.2) is 35.1 Å². The van der Waals surface area contributed by atoms with Crippen LogP contribution in [0.5, 0.6) is 0 Å². The van der Waals surface area contributed by atoms with Crippen LogP contribution in [0.15, 0.2) is 42.9 Å². The molecule has 3 aromatic rings. The van der Waals surface area contributed by atoms with E-state index in [1.54, 1.807) is 30.3 Å². The maximum atomic E-state index is 12.7. The first-order chi connectivity index (χ1) is 11.3. The largest absolute Gasteiger partial charge is 0.399 e. The van der Waals surface area contributed by atoms with Crippen molar-refractivity contribution in [1.82, 2.24) is 19.3 Å². The molecular weight excluding hydrogens is 330 g/mol. The molecule has 8 nitrogen and oxygen atoms in total. The molecule has 0 atom stereocenters. The van der Waals surface area contributed by atoms with Gasteiger partial charge in [0.25, 0.3) is 5.91 Å². The van der Waals surface area contributed by atoms with Crippen molar-refractivity contribution < 1.29 is 13.2 Å². The molecule has 9 heteroatoms. The summed E-state index contributed by atoms with van der Waals surface area (Å²) in [6.07, 6.45) is 3.95. The number of pyridine rings is 1. The van der Waals surface area contributed by atoms with Crippen LogP contribution in [0.25, 0.3) is 11.0 Å². The second kappa shape index (κ2) is 6.02. The minimum atomic E-state index is -3.33. The highest BCUT2D eigenvalue weighted by Gasteiger charge is 2.14. The van der Waals surface area contributed by atoms with Crippen molar-refractivity contribution >= 4 is 32.7 Å². The normalized spacial score (nSPS) is 11.7. The zero-order valence-electron chi connectivity index (χ0n) is 12.8. The number of nitrogens with one attached hydrogen (secondary N) is 1. The number of sulfonamides is 1. The molecule has 24 heavy (non-hydrogen) atoms. The first-order valence-corrected chi connectivity index (χ1v) is 8.89. The minimum absolute atomic E-state index is 0.0150. The molecule has 0 amide bonds. The van der Waals surface area contributed by atoms with Crippen LogP contribution in [0.2, 0.25) is 0 Å². The van der Waals surface area contributed by atoms with Gasteiger partial charge >= 0.3 is 0 Å². The highest BCUT2D eigenvalue weighted by molar-refractivity contribution is 7.88. The van der Waals surface area contributed by atoms with Gasteiger partial charge in [0.2, 0.25) is 10.0 Å². The highest BCUT2D eigenvalue weighted by Crippen LogP contribution is 2.17. The number of carbonyl (C=O) groups excluding carboxylic acids is 1. The van der Waals surface area contributed by atoms with E-state index in [0.717, 1.165) is 6.26 Å². The maximum Gasteiger partial charge on any atom is 0.263 e. The Hall–Kier alpha value is -2.78. The Kier molecular flexibility index (Phi) is 4.04. The van der Waals surface area contributed by atoms with Crippen molar-refractivity contribution in [3.8, 4) is 0 Å². The molecule has 0 unspecified atom stereocenters. The fourth-order valence-electron chi connectivity index (χ4n) is 2.24. The van der Waals surface area contributed by atoms with Gasteiger partial charge in [0.1, 0.15) is 6.33 Å². The lowest BCUT2D eigenvalue weighted by Gasteiger charge is -2.06. The lowest BCUT2D eigenvalue weighted by molar-refractivity contribution is 0.0964. The van der Waals surface area contributed by atoms with Crippen molar-refractivity contribution in [2.75, 3.05) is 12.0 Å². The van der Waals surface area contributed by atoms with Crippen LogP contribution in [-0.2, 0) is 16.6 Å². The zero-order chi connectivity index (χ0) is 17.3. The van der Waals surface area contributed by atoms with E-state index in [1.165, 1.54) is 17.1 Å². The highest BCUT2D eigenvalue weighted by atomic mass is 32.2. The molecule has 2 heterocycles. The van der Waals surface area contributed by atoms with Gasteiger partial charge in [-0.05, 0) is 30.3 Å². The van der Waals surface area contributed by atoms with Crippen LogP contribution in [0.4, 0.5) is 5.69 Å². The molecule has 0 fully saturated rings. The van der Waals surface area contributed by atoms with Gasteiger partial charge in [0.15, 0.2) is 0 Å². The number of rotatable bonds is 4. The summed E-state index contributed by atoms with van der Waals surface area (Å²) in [6.45, 7) is 0.0150. The van der Waals surface area contributed by atoms with E-state index in [2.05, 4.69) is 14.7 Å². The minimum Gasteiger partial charge on any atom is -0.399 e. The smallest absolute Gasteiger partial charge is 0.263 e. The Labute approximate surface area is 138 Å². The number of nitrogen functional groups attached to an aromatic ring is 1. The summed E-state index contributed by atoms with van der Waals surface area (Å²) >= 11 is 0. The molecule has 0 aliphatic rings. The number of nitrogens with two attached hydrogens (primary N) is 1. The van der Waals surface area contributed by atoms with Gasteiger partial charge in [-0.1, -0.05) is 0 Å². The number of anilines is 1. The fourth-order valence-corrected chi connectivity index (χ4v) is 2.65. The Morgan fingerprint density at radius 2 is 2.04 bits per heavy atom. The van der Waals surface area contributed by atoms with Gasteiger partial charge in [-0.15, -0.1) is 0 Å². The third kappa shape index (κ3) is 3.42. The number of aromatic nitrogens is 3. The molecule has 1 aromatic carbocycles. The third-order valence-corrected chi connectivity index (χ3v) is 4.04. The summed E-state index contributed by atoms with van der Waals surface area (Å²) in [7, 11) is -3.33. The van der Waals surface area contributed by atoms with E-state index in [1.807, 2.05) is 0 Å². The van der Waals surface area contributed by atoms with Crippen molar-refractivity contribution in [3.63, 3.8) is 0 Å². The van der Waals surface area contributed by atoms with E-state index in [9.17, 15) is 13.2 Å². The number of carbonyl (C=O) groups is 1. The summed E-state index contributed by atoms with van der Waals surface area (Å²) in [5, 5.41) is 0. The Bertz CT molecular complexity index is 1030.